The van der Waals surface area contributed by atoms with Crippen molar-refractivity contribution in [1.29, 1.82) is 0 Å². The van der Waals surface area contributed by atoms with E-state index in [1.165, 1.54) is 12.1 Å². The monoisotopic (exact) mass is 464 g/mol. The van der Waals surface area contributed by atoms with E-state index in [4.69, 9.17) is 14.3 Å². The van der Waals surface area contributed by atoms with Gasteiger partial charge in [-0.05, 0) is 67.8 Å². The summed E-state index contributed by atoms with van der Waals surface area (Å²) < 4.78 is 49.8. The number of hydrogen-bond acceptors (Lipinski definition) is 4. The Morgan fingerprint density at radius 2 is 1.78 bits per heavy atom. The number of carboxylic acids is 1. The molecule has 1 N–H and O–H groups in total. The number of thioether (sulfide) groups is 1. The molecule has 0 bridgehead atoms. The van der Waals surface area contributed by atoms with Gasteiger partial charge in [-0.2, -0.15) is 13.2 Å². The minimum atomic E-state index is -4.37. The lowest BCUT2D eigenvalue weighted by Gasteiger charge is -2.15. The van der Waals surface area contributed by atoms with E-state index in [9.17, 15) is 18.0 Å². The number of alkyl halides is 3. The third-order valence-corrected chi connectivity index (χ3v) is 5.94. The molecule has 1 aromatic heterocycles. The highest BCUT2D eigenvalue weighted by Crippen LogP contribution is 2.34. The average Bonchev–Trinajstić information content (AvgIpc) is 3.11. The number of aliphatic carboxylic acids is 1. The molecule has 8 heteroatoms. The van der Waals surface area contributed by atoms with Gasteiger partial charge in [0.05, 0.1) is 11.3 Å². The van der Waals surface area contributed by atoms with Gasteiger partial charge in [0.15, 0.2) is 6.10 Å². The van der Waals surface area contributed by atoms with Crippen LogP contribution in [0, 0.1) is 13.8 Å². The molecule has 1 unspecified atom stereocenters. The maximum absolute atomic E-state index is 12.8. The van der Waals surface area contributed by atoms with Gasteiger partial charge in [0.2, 0.25) is 0 Å². The summed E-state index contributed by atoms with van der Waals surface area (Å²) in [4.78, 5) is 12.1. The number of hydrogen-bond donors (Lipinski definition) is 1. The molecular formula is C24H23F3O4S. The first-order chi connectivity index (χ1) is 15.1. The summed E-state index contributed by atoms with van der Waals surface area (Å²) in [5.74, 6) is 1.33. The van der Waals surface area contributed by atoms with Gasteiger partial charge >= 0.3 is 12.1 Å². The molecule has 0 fully saturated rings. The Labute approximate surface area is 188 Å². The van der Waals surface area contributed by atoms with Crippen LogP contribution in [0.5, 0.6) is 5.75 Å². The lowest BCUT2D eigenvalue weighted by atomic mass is 10.1. The van der Waals surface area contributed by atoms with Crippen LogP contribution in [0.1, 0.15) is 35.8 Å². The maximum atomic E-state index is 12.8. The van der Waals surface area contributed by atoms with Crippen molar-refractivity contribution in [2.75, 3.05) is 0 Å². The van der Waals surface area contributed by atoms with Crippen molar-refractivity contribution in [2.45, 2.75) is 50.1 Å². The molecule has 0 amide bonds. The van der Waals surface area contributed by atoms with E-state index in [0.29, 0.717) is 29.2 Å². The van der Waals surface area contributed by atoms with Gasteiger partial charge in [0, 0.05) is 10.5 Å². The molecule has 3 aromatic rings. The standard InChI is InChI=1S/C24H23F3O4S/c1-4-19(23(28)29)30-20-10-9-18(11-14(20)2)32-13-22-15(3)12-21(31-22)16-5-7-17(8-6-16)24(25,26)27/h5-12,19H,4,13H2,1-3H3,(H,28,29). The van der Waals surface area contributed by atoms with Gasteiger partial charge in [0.1, 0.15) is 17.3 Å². The van der Waals surface area contributed by atoms with E-state index in [-0.39, 0.29) is 0 Å². The molecule has 2 aromatic carbocycles. The lowest BCUT2D eigenvalue weighted by Crippen LogP contribution is -2.26. The van der Waals surface area contributed by atoms with Gasteiger partial charge in [0.25, 0.3) is 0 Å². The van der Waals surface area contributed by atoms with Crippen LogP contribution in [0.2, 0.25) is 0 Å². The Morgan fingerprint density at radius 1 is 1.09 bits per heavy atom. The molecule has 0 aliphatic rings. The van der Waals surface area contributed by atoms with Gasteiger partial charge in [-0.3, -0.25) is 0 Å². The Balaban J connectivity index is 1.68. The van der Waals surface area contributed by atoms with Crippen molar-refractivity contribution in [1.82, 2.24) is 0 Å². The highest BCUT2D eigenvalue weighted by molar-refractivity contribution is 7.98. The van der Waals surface area contributed by atoms with Crippen LogP contribution in [0.15, 0.2) is 57.8 Å². The molecule has 0 aliphatic heterocycles. The second kappa shape index (κ2) is 9.73. The van der Waals surface area contributed by atoms with Crippen molar-refractivity contribution < 1.29 is 32.2 Å². The minimum Gasteiger partial charge on any atom is -0.479 e. The van der Waals surface area contributed by atoms with E-state index in [1.54, 1.807) is 24.8 Å². The third kappa shape index (κ3) is 5.68. The van der Waals surface area contributed by atoms with Crippen molar-refractivity contribution in [3.63, 3.8) is 0 Å². The zero-order valence-electron chi connectivity index (χ0n) is 17.8. The van der Waals surface area contributed by atoms with E-state index in [1.807, 2.05) is 32.0 Å². The van der Waals surface area contributed by atoms with E-state index in [0.717, 1.165) is 33.9 Å². The predicted molar refractivity (Wildman–Crippen MR) is 117 cm³/mol. The van der Waals surface area contributed by atoms with Gasteiger partial charge < -0.3 is 14.3 Å². The summed E-state index contributed by atoms with van der Waals surface area (Å²) in [5.41, 5.74) is 1.63. The molecule has 0 spiro atoms. The Bertz CT molecular complexity index is 1090. The number of aryl methyl sites for hydroxylation is 2. The fourth-order valence-corrected chi connectivity index (χ4v) is 4.09. The van der Waals surface area contributed by atoms with Crippen molar-refractivity contribution in [3.05, 3.63) is 71.0 Å². The van der Waals surface area contributed by atoms with Gasteiger partial charge in [-0.1, -0.05) is 19.1 Å². The zero-order valence-corrected chi connectivity index (χ0v) is 18.6. The number of carbonyl (C=O) groups is 1. The lowest BCUT2D eigenvalue weighted by molar-refractivity contribution is -0.145. The van der Waals surface area contributed by atoms with E-state index < -0.39 is 23.8 Å². The van der Waals surface area contributed by atoms with Crippen LogP contribution < -0.4 is 4.74 Å². The van der Waals surface area contributed by atoms with Crippen LogP contribution >= 0.6 is 11.8 Å². The molecule has 0 aliphatic carbocycles. The number of carboxylic acid groups (broad SMARTS) is 1. The average molecular weight is 465 g/mol. The topological polar surface area (TPSA) is 59.7 Å². The molecule has 32 heavy (non-hydrogen) atoms. The number of halogens is 3. The van der Waals surface area contributed by atoms with Crippen LogP contribution in [0.3, 0.4) is 0 Å². The molecule has 0 saturated heterocycles. The molecule has 0 radical (unpaired) electrons. The van der Waals surface area contributed by atoms with Crippen molar-refractivity contribution in [3.8, 4) is 17.1 Å². The first-order valence-electron chi connectivity index (χ1n) is 9.98. The highest BCUT2D eigenvalue weighted by Gasteiger charge is 2.30. The normalized spacial score (nSPS) is 12.6. The first-order valence-corrected chi connectivity index (χ1v) is 11.0. The van der Waals surface area contributed by atoms with Crippen molar-refractivity contribution >= 4 is 17.7 Å². The van der Waals surface area contributed by atoms with Crippen LogP contribution in [0.4, 0.5) is 13.2 Å². The summed E-state index contributed by atoms with van der Waals surface area (Å²) in [7, 11) is 0. The Kier molecular flexibility index (Phi) is 7.23. The fraction of sp³-hybridized carbons (Fsp3) is 0.292. The van der Waals surface area contributed by atoms with E-state index in [2.05, 4.69) is 0 Å². The summed E-state index contributed by atoms with van der Waals surface area (Å²) in [6.45, 7) is 5.50. The number of ether oxygens (including phenoxy) is 1. The molecule has 1 heterocycles. The molecule has 4 nitrogen and oxygen atoms in total. The summed E-state index contributed by atoms with van der Waals surface area (Å²) >= 11 is 1.54. The minimum absolute atomic E-state index is 0.365. The zero-order chi connectivity index (χ0) is 23.5. The largest absolute Gasteiger partial charge is 0.479 e. The number of rotatable bonds is 8. The molecule has 3 rings (SSSR count). The Morgan fingerprint density at radius 3 is 2.34 bits per heavy atom. The van der Waals surface area contributed by atoms with Gasteiger partial charge in [-0.25, -0.2) is 4.79 Å². The van der Waals surface area contributed by atoms with Crippen LogP contribution in [-0.4, -0.2) is 17.2 Å². The fourth-order valence-electron chi connectivity index (χ4n) is 3.08. The second-order valence-corrected chi connectivity index (χ2v) is 8.41. The summed E-state index contributed by atoms with van der Waals surface area (Å²) in [5, 5.41) is 9.16. The molecule has 170 valence electrons. The molecular weight excluding hydrogens is 441 g/mol. The number of benzene rings is 2. The predicted octanol–water partition coefficient (Wildman–Crippen LogP) is 7.12. The molecule has 1 atom stereocenters. The van der Waals surface area contributed by atoms with Crippen molar-refractivity contribution in [2.24, 2.45) is 0 Å². The highest BCUT2D eigenvalue weighted by atomic mass is 32.2. The summed E-state index contributed by atoms with van der Waals surface area (Å²) in [6, 6.07) is 12.2. The summed E-state index contributed by atoms with van der Waals surface area (Å²) in [6.07, 6.45) is -4.89. The molecule has 0 saturated carbocycles. The SMILES string of the molecule is CCC(Oc1ccc(SCc2oc(-c3ccc(C(F)(F)F)cc3)cc2C)cc1C)C(=O)O. The van der Waals surface area contributed by atoms with Gasteiger partial charge in [-0.15, -0.1) is 11.8 Å². The van der Waals surface area contributed by atoms with Crippen LogP contribution in [0.25, 0.3) is 11.3 Å². The first kappa shape index (κ1) is 23.8. The second-order valence-electron chi connectivity index (χ2n) is 7.36. The van der Waals surface area contributed by atoms with E-state index >= 15 is 0 Å². The quantitative estimate of drug-likeness (QED) is 0.360. The maximum Gasteiger partial charge on any atom is 0.416 e. The number of furan rings is 1. The van der Waals surface area contributed by atoms with Crippen LogP contribution in [-0.2, 0) is 16.7 Å². The Hall–Kier alpha value is -2.87. The third-order valence-electron chi connectivity index (χ3n) is 4.95. The smallest absolute Gasteiger partial charge is 0.416 e.